The van der Waals surface area contributed by atoms with E-state index in [0.717, 1.165) is 0 Å². The third kappa shape index (κ3) is 5.61. The molecule has 0 radical (unpaired) electrons. The van der Waals surface area contributed by atoms with Crippen molar-refractivity contribution >= 4 is 39.3 Å². The number of amides is 2. The van der Waals surface area contributed by atoms with E-state index >= 15 is 0 Å². The van der Waals surface area contributed by atoms with Crippen LogP contribution in [0.4, 0.5) is 5.69 Å². The van der Waals surface area contributed by atoms with Crippen molar-refractivity contribution in [2.24, 2.45) is 5.14 Å². The van der Waals surface area contributed by atoms with Gasteiger partial charge in [0, 0.05) is 5.69 Å². The summed E-state index contributed by atoms with van der Waals surface area (Å²) in [7, 11) is -3.88. The first-order chi connectivity index (χ1) is 12.3. The lowest BCUT2D eigenvalue weighted by Gasteiger charge is -2.17. The highest BCUT2D eigenvalue weighted by molar-refractivity contribution is 7.98. The topological polar surface area (TPSA) is 132 Å². The number of hydrogen-bond donors (Lipinski definition) is 3. The predicted octanol–water partition coefficient (Wildman–Crippen LogP) is 1.42. The number of carbonyl (C=O) groups excluding carboxylic acids is 2. The maximum absolute atomic E-state index is 12.5. The zero-order chi connectivity index (χ0) is 19.2. The number of anilines is 1. The average molecular weight is 397 g/mol. The van der Waals surface area contributed by atoms with Crippen molar-refractivity contribution in [3.8, 4) is 0 Å². The van der Waals surface area contributed by atoms with E-state index in [1.165, 1.54) is 48.4 Å². The Bertz CT molecular complexity index is 866. The number of primary sulfonamides is 1. The first-order valence-electron chi connectivity index (χ1n) is 7.58. The number of sulfonamides is 1. The molecule has 4 N–H and O–H groups in total. The van der Waals surface area contributed by atoms with Crippen molar-refractivity contribution in [3.05, 3.63) is 48.4 Å². The minimum atomic E-state index is -3.88. The second-order valence-electron chi connectivity index (χ2n) is 5.35. The van der Waals surface area contributed by atoms with Crippen LogP contribution in [0.15, 0.2) is 52.0 Å². The summed E-state index contributed by atoms with van der Waals surface area (Å²) in [5.74, 6) is -0.225. The zero-order valence-corrected chi connectivity index (χ0v) is 15.6. The standard InChI is InChI=1S/C16H19N3O5S2/c1-25-9-7-13(19-16(21)14-6-3-8-24-14)15(20)18-11-4-2-5-12(10-11)26(17,22)23/h2-6,8,10,13H,7,9H2,1H3,(H,18,20)(H,19,21)(H2,17,22,23). The second kappa shape index (κ2) is 8.88. The molecule has 0 aliphatic heterocycles. The molecule has 0 bridgehead atoms. The van der Waals surface area contributed by atoms with Gasteiger partial charge >= 0.3 is 0 Å². The van der Waals surface area contributed by atoms with E-state index in [-0.39, 0.29) is 16.3 Å². The quantitative estimate of drug-likeness (QED) is 0.617. The number of rotatable bonds is 8. The predicted molar refractivity (Wildman–Crippen MR) is 99.4 cm³/mol. The molecule has 1 aromatic heterocycles. The molecular weight excluding hydrogens is 378 g/mol. The van der Waals surface area contributed by atoms with E-state index < -0.39 is 27.9 Å². The van der Waals surface area contributed by atoms with Gasteiger partial charge in [-0.15, -0.1) is 0 Å². The molecular formula is C16H19N3O5S2. The highest BCUT2D eigenvalue weighted by Crippen LogP contribution is 2.15. The van der Waals surface area contributed by atoms with Gasteiger partial charge in [-0.25, -0.2) is 13.6 Å². The molecule has 1 atom stereocenters. The van der Waals surface area contributed by atoms with Gasteiger partial charge in [0.2, 0.25) is 15.9 Å². The number of nitrogens with one attached hydrogen (secondary N) is 2. The molecule has 1 heterocycles. The Morgan fingerprint density at radius 2 is 2.04 bits per heavy atom. The first kappa shape index (κ1) is 20.0. The molecule has 26 heavy (non-hydrogen) atoms. The Morgan fingerprint density at radius 3 is 2.65 bits per heavy atom. The molecule has 8 nitrogen and oxygen atoms in total. The van der Waals surface area contributed by atoms with E-state index in [1.54, 1.807) is 6.07 Å². The molecule has 0 aliphatic rings. The van der Waals surface area contributed by atoms with Crippen molar-refractivity contribution in [1.82, 2.24) is 5.32 Å². The van der Waals surface area contributed by atoms with Crippen molar-refractivity contribution in [3.63, 3.8) is 0 Å². The van der Waals surface area contributed by atoms with Gasteiger partial charge in [-0.2, -0.15) is 11.8 Å². The minimum absolute atomic E-state index is 0.100. The number of hydrogen-bond acceptors (Lipinski definition) is 6. The lowest BCUT2D eigenvalue weighted by Crippen LogP contribution is -2.44. The van der Waals surface area contributed by atoms with Crippen LogP contribution in [0.5, 0.6) is 0 Å². The van der Waals surface area contributed by atoms with E-state index in [4.69, 9.17) is 9.56 Å². The largest absolute Gasteiger partial charge is 0.459 e. The summed E-state index contributed by atoms with van der Waals surface area (Å²) in [6.07, 6.45) is 3.65. The molecule has 0 saturated heterocycles. The molecule has 0 spiro atoms. The lowest BCUT2D eigenvalue weighted by atomic mass is 10.2. The molecule has 1 aromatic carbocycles. The molecule has 0 aliphatic carbocycles. The molecule has 1 unspecified atom stereocenters. The summed E-state index contributed by atoms with van der Waals surface area (Å²) in [5, 5.41) is 10.3. The number of furan rings is 1. The van der Waals surface area contributed by atoms with Crippen molar-refractivity contribution < 1.29 is 22.4 Å². The molecule has 2 amide bonds. The Morgan fingerprint density at radius 1 is 1.27 bits per heavy atom. The summed E-state index contributed by atoms with van der Waals surface area (Å²) in [4.78, 5) is 24.6. The third-order valence-electron chi connectivity index (χ3n) is 3.41. The molecule has 2 aromatic rings. The van der Waals surface area contributed by atoms with Gasteiger partial charge in [0.05, 0.1) is 11.2 Å². The van der Waals surface area contributed by atoms with Gasteiger partial charge in [-0.1, -0.05) is 6.07 Å². The van der Waals surface area contributed by atoms with Crippen LogP contribution in [0.25, 0.3) is 0 Å². The molecule has 140 valence electrons. The lowest BCUT2D eigenvalue weighted by molar-refractivity contribution is -0.118. The highest BCUT2D eigenvalue weighted by atomic mass is 32.2. The molecule has 0 saturated carbocycles. The fourth-order valence-electron chi connectivity index (χ4n) is 2.12. The van der Waals surface area contributed by atoms with E-state index in [0.29, 0.717) is 12.2 Å². The van der Waals surface area contributed by atoms with Gasteiger partial charge in [-0.05, 0) is 48.8 Å². The van der Waals surface area contributed by atoms with Crippen LogP contribution in [0, 0.1) is 0 Å². The first-order valence-corrected chi connectivity index (χ1v) is 10.5. The van der Waals surface area contributed by atoms with Crippen LogP contribution < -0.4 is 15.8 Å². The Balaban J connectivity index is 2.12. The second-order valence-corrected chi connectivity index (χ2v) is 7.89. The van der Waals surface area contributed by atoms with Crippen LogP contribution in [0.3, 0.4) is 0 Å². The van der Waals surface area contributed by atoms with E-state index in [1.807, 2.05) is 6.26 Å². The summed E-state index contributed by atoms with van der Waals surface area (Å²) < 4.78 is 27.9. The van der Waals surface area contributed by atoms with Crippen molar-refractivity contribution in [2.45, 2.75) is 17.4 Å². The van der Waals surface area contributed by atoms with E-state index in [9.17, 15) is 18.0 Å². The maximum Gasteiger partial charge on any atom is 0.287 e. The number of thioether (sulfide) groups is 1. The monoisotopic (exact) mass is 397 g/mol. The van der Waals surface area contributed by atoms with Gasteiger partial charge in [0.1, 0.15) is 6.04 Å². The normalized spacial score (nSPS) is 12.4. The van der Waals surface area contributed by atoms with Crippen LogP contribution >= 0.6 is 11.8 Å². The Hall–Kier alpha value is -2.30. The smallest absolute Gasteiger partial charge is 0.287 e. The number of benzene rings is 1. The summed E-state index contributed by atoms with van der Waals surface area (Å²) >= 11 is 1.53. The Labute approximate surface area is 155 Å². The molecule has 10 heteroatoms. The van der Waals surface area contributed by atoms with E-state index in [2.05, 4.69) is 10.6 Å². The number of carbonyl (C=O) groups is 2. The van der Waals surface area contributed by atoms with Gasteiger partial charge in [-0.3, -0.25) is 9.59 Å². The van der Waals surface area contributed by atoms with Crippen LogP contribution in [0.2, 0.25) is 0 Å². The van der Waals surface area contributed by atoms with Gasteiger partial charge < -0.3 is 15.1 Å². The summed E-state index contributed by atoms with van der Waals surface area (Å²) in [5.41, 5.74) is 0.267. The average Bonchev–Trinajstić information content (AvgIpc) is 3.12. The van der Waals surface area contributed by atoms with Gasteiger partial charge in [0.25, 0.3) is 5.91 Å². The fourth-order valence-corrected chi connectivity index (χ4v) is 3.15. The zero-order valence-electron chi connectivity index (χ0n) is 14.0. The maximum atomic E-state index is 12.5. The van der Waals surface area contributed by atoms with Crippen LogP contribution in [-0.2, 0) is 14.8 Å². The fraction of sp³-hybridized carbons (Fsp3) is 0.250. The molecule has 2 rings (SSSR count). The summed E-state index contributed by atoms with van der Waals surface area (Å²) in [6, 6.07) is 7.85. The highest BCUT2D eigenvalue weighted by Gasteiger charge is 2.22. The SMILES string of the molecule is CSCCC(NC(=O)c1ccco1)C(=O)Nc1cccc(S(N)(=O)=O)c1. The molecule has 0 fully saturated rings. The Kier molecular flexibility index (Phi) is 6.83. The van der Waals surface area contributed by atoms with Crippen molar-refractivity contribution in [1.29, 1.82) is 0 Å². The van der Waals surface area contributed by atoms with Crippen LogP contribution in [-0.4, -0.2) is 38.3 Å². The van der Waals surface area contributed by atoms with Gasteiger partial charge in [0.15, 0.2) is 5.76 Å². The van der Waals surface area contributed by atoms with Crippen molar-refractivity contribution in [2.75, 3.05) is 17.3 Å². The number of nitrogens with two attached hydrogens (primary N) is 1. The minimum Gasteiger partial charge on any atom is -0.459 e. The summed E-state index contributed by atoms with van der Waals surface area (Å²) in [6.45, 7) is 0. The third-order valence-corrected chi connectivity index (χ3v) is 4.96. The van der Waals surface area contributed by atoms with Crippen LogP contribution in [0.1, 0.15) is 17.0 Å².